The van der Waals surface area contributed by atoms with Gasteiger partial charge in [-0.1, -0.05) is 0 Å². The summed E-state index contributed by atoms with van der Waals surface area (Å²) in [6.45, 7) is 12.5. The van der Waals surface area contributed by atoms with Crippen molar-refractivity contribution in [1.82, 2.24) is 24.9 Å². The largest absolute Gasteiger partial charge is 0.465 e. The van der Waals surface area contributed by atoms with E-state index >= 15 is 0 Å². The molecule has 1 amide bonds. The molecule has 8 heteroatoms. The van der Waals surface area contributed by atoms with Crippen LogP contribution < -0.4 is 5.32 Å². The quantitative estimate of drug-likeness (QED) is 0.534. The van der Waals surface area contributed by atoms with Crippen molar-refractivity contribution in [3.8, 4) is 0 Å². The fourth-order valence-electron chi connectivity index (χ4n) is 5.29. The molecule has 0 saturated carbocycles. The lowest BCUT2D eigenvalue weighted by Crippen LogP contribution is -2.57. The number of hydrogen-bond donors (Lipinski definition) is 1. The van der Waals surface area contributed by atoms with Crippen molar-refractivity contribution < 1.29 is 9.21 Å². The first-order valence-electron chi connectivity index (χ1n) is 12.4. The zero-order valence-corrected chi connectivity index (χ0v) is 20.1. The Hall–Kier alpha value is -2.06. The van der Waals surface area contributed by atoms with E-state index in [4.69, 9.17) is 4.42 Å². The molecule has 2 unspecified atom stereocenters. The first kappa shape index (κ1) is 23.1. The van der Waals surface area contributed by atoms with Crippen LogP contribution in [0.25, 0.3) is 0 Å². The number of aliphatic imine (C=N–C) groups is 1. The van der Waals surface area contributed by atoms with Crippen molar-refractivity contribution >= 4 is 11.9 Å². The zero-order chi connectivity index (χ0) is 22.5. The number of nitrogens with one attached hydrogen (secondary N) is 1. The molecule has 4 heterocycles. The minimum absolute atomic E-state index is 0.0352. The second-order valence-electron chi connectivity index (χ2n) is 9.37. The zero-order valence-electron chi connectivity index (χ0n) is 20.1. The number of piperazine rings is 1. The van der Waals surface area contributed by atoms with Gasteiger partial charge in [-0.25, -0.2) is 0 Å². The van der Waals surface area contributed by atoms with Crippen molar-refractivity contribution in [3.63, 3.8) is 0 Å². The third-order valence-corrected chi connectivity index (χ3v) is 7.27. The molecule has 0 aliphatic carbocycles. The number of guanidine groups is 1. The van der Waals surface area contributed by atoms with Crippen LogP contribution in [0.15, 0.2) is 21.5 Å². The highest BCUT2D eigenvalue weighted by Crippen LogP contribution is 2.26. The van der Waals surface area contributed by atoms with E-state index in [-0.39, 0.29) is 12.1 Å². The molecule has 3 saturated heterocycles. The fraction of sp³-hybridized carbons (Fsp3) is 0.750. The van der Waals surface area contributed by atoms with Crippen LogP contribution in [0.1, 0.15) is 50.2 Å². The predicted octanol–water partition coefficient (Wildman–Crippen LogP) is 1.93. The molecule has 0 bridgehead atoms. The average Bonchev–Trinajstić information content (AvgIpc) is 3.59. The Morgan fingerprint density at radius 2 is 1.62 bits per heavy atom. The highest BCUT2D eigenvalue weighted by molar-refractivity contribution is 5.82. The third-order valence-electron chi connectivity index (χ3n) is 7.27. The molecule has 32 heavy (non-hydrogen) atoms. The number of carbonyl (C=O) groups is 1. The molecule has 3 aliphatic heterocycles. The number of hydrogen-bond acceptors (Lipinski definition) is 5. The molecule has 1 aromatic heterocycles. The van der Waals surface area contributed by atoms with Gasteiger partial charge in [0.05, 0.1) is 12.1 Å². The molecule has 8 nitrogen and oxygen atoms in total. The summed E-state index contributed by atoms with van der Waals surface area (Å²) in [6, 6.07) is 4.35. The van der Waals surface area contributed by atoms with Gasteiger partial charge in [-0.3, -0.25) is 19.6 Å². The lowest BCUT2D eigenvalue weighted by molar-refractivity contribution is -0.135. The van der Waals surface area contributed by atoms with E-state index in [1.165, 1.54) is 12.8 Å². The first-order chi connectivity index (χ1) is 15.6. The Kier molecular flexibility index (Phi) is 7.73. The van der Waals surface area contributed by atoms with Crippen LogP contribution in [0.5, 0.6) is 0 Å². The third kappa shape index (κ3) is 5.29. The second-order valence-corrected chi connectivity index (χ2v) is 9.37. The summed E-state index contributed by atoms with van der Waals surface area (Å²) in [7, 11) is 1.86. The molecular weight excluding hydrogens is 404 g/mol. The van der Waals surface area contributed by atoms with Gasteiger partial charge in [0.1, 0.15) is 11.5 Å². The van der Waals surface area contributed by atoms with Gasteiger partial charge >= 0.3 is 0 Å². The Morgan fingerprint density at radius 1 is 0.969 bits per heavy atom. The monoisotopic (exact) mass is 444 g/mol. The van der Waals surface area contributed by atoms with Crippen molar-refractivity contribution in [2.75, 3.05) is 66.0 Å². The number of furan rings is 1. The van der Waals surface area contributed by atoms with E-state index < -0.39 is 0 Å². The van der Waals surface area contributed by atoms with Gasteiger partial charge in [-0.05, 0) is 64.8 Å². The number of nitrogens with zero attached hydrogens (tertiary/aromatic N) is 5. The van der Waals surface area contributed by atoms with Crippen molar-refractivity contribution in [1.29, 1.82) is 0 Å². The maximum atomic E-state index is 12.8. The molecule has 3 fully saturated rings. The molecule has 4 rings (SSSR count). The van der Waals surface area contributed by atoms with Crippen LogP contribution >= 0.6 is 0 Å². The average molecular weight is 445 g/mol. The fourth-order valence-corrected chi connectivity index (χ4v) is 5.29. The number of likely N-dealkylation sites (tertiary alicyclic amines) is 2. The standard InChI is InChI=1S/C24H40N6O2/c1-19-8-9-22(32-19)21(28-10-4-5-11-28)18-26-24(25-3)30-16-14-27(15-17-30)20(2)23(31)29-12-6-7-13-29/h8-9,20-21H,4-7,10-18H2,1-3H3,(H,25,26). The summed E-state index contributed by atoms with van der Waals surface area (Å²) in [5, 5.41) is 3.62. The first-order valence-corrected chi connectivity index (χ1v) is 12.4. The van der Waals surface area contributed by atoms with Crippen molar-refractivity contribution in [2.45, 2.75) is 51.6 Å². The van der Waals surface area contributed by atoms with Gasteiger partial charge in [0.25, 0.3) is 0 Å². The van der Waals surface area contributed by atoms with Gasteiger partial charge in [-0.2, -0.15) is 0 Å². The molecule has 0 radical (unpaired) electrons. The van der Waals surface area contributed by atoms with E-state index in [0.29, 0.717) is 5.91 Å². The van der Waals surface area contributed by atoms with Gasteiger partial charge in [0.15, 0.2) is 5.96 Å². The molecule has 2 atom stereocenters. The lowest BCUT2D eigenvalue weighted by atomic mass is 10.2. The topological polar surface area (TPSA) is 67.6 Å². The minimum atomic E-state index is -0.0352. The molecule has 1 aromatic rings. The SMILES string of the molecule is CN=C(NCC(c1ccc(C)o1)N1CCCC1)N1CCN(C(C)C(=O)N2CCCC2)CC1. The van der Waals surface area contributed by atoms with Crippen LogP contribution in [0.2, 0.25) is 0 Å². The molecular formula is C24H40N6O2. The Bertz CT molecular complexity index is 773. The Labute approximate surface area is 192 Å². The summed E-state index contributed by atoms with van der Waals surface area (Å²) >= 11 is 0. The van der Waals surface area contributed by atoms with Crippen molar-refractivity contribution in [2.24, 2.45) is 4.99 Å². The summed E-state index contributed by atoms with van der Waals surface area (Å²) < 4.78 is 6.00. The highest BCUT2D eigenvalue weighted by Gasteiger charge is 2.31. The van der Waals surface area contributed by atoms with Crippen LogP contribution in [-0.4, -0.2) is 103 Å². The lowest BCUT2D eigenvalue weighted by Gasteiger charge is -2.40. The van der Waals surface area contributed by atoms with Gasteiger partial charge in [0.2, 0.25) is 5.91 Å². The Balaban J connectivity index is 1.30. The molecule has 178 valence electrons. The maximum absolute atomic E-state index is 12.8. The highest BCUT2D eigenvalue weighted by atomic mass is 16.3. The number of amides is 1. The van der Waals surface area contributed by atoms with Gasteiger partial charge in [0, 0.05) is 52.9 Å². The van der Waals surface area contributed by atoms with E-state index in [9.17, 15) is 4.79 Å². The number of aryl methyl sites for hydroxylation is 1. The molecule has 0 aromatic carbocycles. The van der Waals surface area contributed by atoms with E-state index in [0.717, 1.165) is 89.2 Å². The predicted molar refractivity (Wildman–Crippen MR) is 127 cm³/mol. The van der Waals surface area contributed by atoms with Gasteiger partial charge in [-0.15, -0.1) is 0 Å². The summed E-state index contributed by atoms with van der Waals surface area (Å²) in [5.41, 5.74) is 0. The maximum Gasteiger partial charge on any atom is 0.239 e. The van der Waals surface area contributed by atoms with E-state index in [2.05, 4.69) is 44.1 Å². The van der Waals surface area contributed by atoms with Crippen LogP contribution in [-0.2, 0) is 4.79 Å². The summed E-state index contributed by atoms with van der Waals surface area (Å²) in [4.78, 5) is 26.5. The van der Waals surface area contributed by atoms with Crippen LogP contribution in [0.3, 0.4) is 0 Å². The summed E-state index contributed by atoms with van der Waals surface area (Å²) in [6.07, 6.45) is 4.79. The van der Waals surface area contributed by atoms with Gasteiger partial charge < -0.3 is 19.5 Å². The molecule has 0 spiro atoms. The van der Waals surface area contributed by atoms with Crippen LogP contribution in [0.4, 0.5) is 0 Å². The molecule has 1 N–H and O–H groups in total. The number of carbonyl (C=O) groups excluding carboxylic acids is 1. The normalized spacial score (nSPS) is 23.0. The minimum Gasteiger partial charge on any atom is -0.465 e. The summed E-state index contributed by atoms with van der Waals surface area (Å²) in [5.74, 6) is 3.23. The van der Waals surface area contributed by atoms with Crippen LogP contribution in [0, 0.1) is 6.92 Å². The Morgan fingerprint density at radius 3 is 2.22 bits per heavy atom. The number of rotatable bonds is 6. The molecule has 3 aliphatic rings. The second kappa shape index (κ2) is 10.7. The van der Waals surface area contributed by atoms with E-state index in [1.807, 2.05) is 18.9 Å². The van der Waals surface area contributed by atoms with Crippen molar-refractivity contribution in [3.05, 3.63) is 23.7 Å². The van der Waals surface area contributed by atoms with E-state index in [1.54, 1.807) is 0 Å². The smallest absolute Gasteiger partial charge is 0.239 e.